The molecule has 1 heterocycles. The topological polar surface area (TPSA) is 32.3 Å². The Morgan fingerprint density at radius 3 is 3.13 bits per heavy atom. The van der Waals surface area contributed by atoms with E-state index in [0.717, 1.165) is 13.0 Å². The molecule has 2 heteroatoms. The number of allylic oxidation sites excluding steroid dienone is 6. The Morgan fingerprint density at radius 1 is 1.27 bits per heavy atom. The van der Waals surface area contributed by atoms with Gasteiger partial charge in [0, 0.05) is 18.7 Å². The summed E-state index contributed by atoms with van der Waals surface area (Å²) < 4.78 is 0. The second kappa shape index (κ2) is 3.44. The van der Waals surface area contributed by atoms with E-state index in [1.54, 1.807) is 0 Å². The maximum absolute atomic E-state index is 9.52. The van der Waals surface area contributed by atoms with Gasteiger partial charge in [-0.2, -0.15) is 0 Å². The number of rotatable bonds is 0. The van der Waals surface area contributed by atoms with Crippen molar-refractivity contribution in [1.29, 1.82) is 0 Å². The van der Waals surface area contributed by atoms with Gasteiger partial charge < -0.3 is 10.4 Å². The standard InChI is InChI=1S/C13H17NO/c15-12-4-3-9-8-13-10(2-1-5-14-13)6-11(9)7-12/h3-4,8,10-11,14-15H,1-2,5-7H2. The lowest BCUT2D eigenvalue weighted by atomic mass is 9.74. The molecule has 80 valence electrons. The lowest BCUT2D eigenvalue weighted by Crippen LogP contribution is -2.32. The van der Waals surface area contributed by atoms with Crippen LogP contribution in [0.3, 0.4) is 0 Å². The Morgan fingerprint density at radius 2 is 2.20 bits per heavy atom. The first-order valence-corrected chi connectivity index (χ1v) is 5.88. The highest BCUT2D eigenvalue weighted by molar-refractivity contribution is 5.37. The van der Waals surface area contributed by atoms with Crippen molar-refractivity contribution in [3.8, 4) is 0 Å². The van der Waals surface area contributed by atoms with Crippen LogP contribution in [0, 0.1) is 11.8 Å². The van der Waals surface area contributed by atoms with Gasteiger partial charge in [0.05, 0.1) is 5.76 Å². The fraction of sp³-hybridized carbons (Fsp3) is 0.538. The molecule has 2 N–H and O–H groups in total. The van der Waals surface area contributed by atoms with Gasteiger partial charge in [-0.25, -0.2) is 0 Å². The molecule has 0 aromatic carbocycles. The van der Waals surface area contributed by atoms with Gasteiger partial charge >= 0.3 is 0 Å². The van der Waals surface area contributed by atoms with Crippen LogP contribution in [0.25, 0.3) is 0 Å². The third kappa shape index (κ3) is 1.58. The maximum Gasteiger partial charge on any atom is 0.0928 e. The summed E-state index contributed by atoms with van der Waals surface area (Å²) in [5, 5.41) is 13.0. The van der Waals surface area contributed by atoms with Crippen molar-refractivity contribution in [1.82, 2.24) is 5.32 Å². The van der Waals surface area contributed by atoms with Crippen molar-refractivity contribution >= 4 is 0 Å². The van der Waals surface area contributed by atoms with E-state index in [0.29, 0.717) is 17.6 Å². The van der Waals surface area contributed by atoms with E-state index in [1.807, 2.05) is 6.08 Å². The van der Waals surface area contributed by atoms with Crippen LogP contribution in [-0.4, -0.2) is 11.7 Å². The van der Waals surface area contributed by atoms with Crippen molar-refractivity contribution in [3.63, 3.8) is 0 Å². The molecule has 1 aliphatic heterocycles. The number of fused-ring (bicyclic) bond motifs is 2. The van der Waals surface area contributed by atoms with Crippen molar-refractivity contribution in [3.05, 3.63) is 35.3 Å². The van der Waals surface area contributed by atoms with Crippen LogP contribution >= 0.6 is 0 Å². The Balaban J connectivity index is 1.91. The largest absolute Gasteiger partial charge is 0.512 e. The maximum atomic E-state index is 9.52. The molecule has 1 fully saturated rings. The van der Waals surface area contributed by atoms with Gasteiger partial charge in [0.15, 0.2) is 0 Å². The minimum atomic E-state index is 0.546. The summed E-state index contributed by atoms with van der Waals surface area (Å²) in [7, 11) is 0. The number of hydrogen-bond acceptors (Lipinski definition) is 2. The van der Waals surface area contributed by atoms with Gasteiger partial charge in [-0.3, -0.25) is 0 Å². The molecule has 0 aromatic rings. The Bertz CT molecular complexity index is 365. The molecule has 0 spiro atoms. The average Bonchev–Trinajstić information content (AvgIpc) is 2.26. The number of hydrogen-bond donors (Lipinski definition) is 2. The number of aliphatic hydroxyl groups excluding tert-OH is 1. The van der Waals surface area contributed by atoms with Crippen LogP contribution in [0.1, 0.15) is 25.7 Å². The third-order valence-corrected chi connectivity index (χ3v) is 3.78. The molecule has 0 saturated carbocycles. The van der Waals surface area contributed by atoms with Gasteiger partial charge in [0.2, 0.25) is 0 Å². The fourth-order valence-corrected chi connectivity index (χ4v) is 2.97. The molecule has 0 bridgehead atoms. The van der Waals surface area contributed by atoms with Gasteiger partial charge in [-0.05, 0) is 48.8 Å². The summed E-state index contributed by atoms with van der Waals surface area (Å²) in [5.41, 5.74) is 2.83. The molecular weight excluding hydrogens is 186 g/mol. The molecule has 0 aromatic heterocycles. The first kappa shape index (κ1) is 9.08. The van der Waals surface area contributed by atoms with Crippen molar-refractivity contribution in [2.45, 2.75) is 25.7 Å². The molecule has 1 saturated heterocycles. The van der Waals surface area contributed by atoms with E-state index in [1.165, 1.54) is 30.5 Å². The Labute approximate surface area is 90.4 Å². The second-order valence-electron chi connectivity index (χ2n) is 4.83. The summed E-state index contributed by atoms with van der Waals surface area (Å²) in [6.07, 6.45) is 10.9. The zero-order valence-corrected chi connectivity index (χ0v) is 8.87. The van der Waals surface area contributed by atoms with E-state index >= 15 is 0 Å². The van der Waals surface area contributed by atoms with Crippen LogP contribution in [0.15, 0.2) is 35.3 Å². The lowest BCUT2D eigenvalue weighted by molar-refractivity contribution is 0.309. The normalized spacial score (nSPS) is 34.0. The van der Waals surface area contributed by atoms with E-state index in [4.69, 9.17) is 0 Å². The summed E-state index contributed by atoms with van der Waals surface area (Å²) in [5.74, 6) is 1.82. The predicted molar refractivity (Wildman–Crippen MR) is 60.3 cm³/mol. The second-order valence-corrected chi connectivity index (χ2v) is 4.83. The smallest absolute Gasteiger partial charge is 0.0928 e. The van der Waals surface area contributed by atoms with Crippen molar-refractivity contribution < 1.29 is 5.11 Å². The summed E-state index contributed by atoms with van der Waals surface area (Å²) in [6, 6.07) is 0. The first-order chi connectivity index (χ1) is 7.33. The first-order valence-electron chi connectivity index (χ1n) is 5.88. The molecule has 3 rings (SSSR count). The molecule has 0 radical (unpaired) electrons. The van der Waals surface area contributed by atoms with E-state index in [9.17, 15) is 5.11 Å². The zero-order valence-electron chi connectivity index (χ0n) is 8.87. The highest BCUT2D eigenvalue weighted by atomic mass is 16.3. The minimum absolute atomic E-state index is 0.546. The highest BCUT2D eigenvalue weighted by Gasteiger charge is 2.30. The molecule has 2 aliphatic carbocycles. The van der Waals surface area contributed by atoms with Crippen LogP contribution < -0.4 is 5.32 Å². The van der Waals surface area contributed by atoms with Crippen LogP contribution in [0.5, 0.6) is 0 Å². The monoisotopic (exact) mass is 203 g/mol. The van der Waals surface area contributed by atoms with Gasteiger partial charge in [-0.1, -0.05) is 6.08 Å². The summed E-state index contributed by atoms with van der Waals surface area (Å²) in [4.78, 5) is 0. The molecule has 15 heavy (non-hydrogen) atoms. The van der Waals surface area contributed by atoms with Crippen LogP contribution in [0.4, 0.5) is 0 Å². The van der Waals surface area contributed by atoms with Gasteiger partial charge in [-0.15, -0.1) is 0 Å². The predicted octanol–water partition coefficient (Wildman–Crippen LogP) is 2.66. The minimum Gasteiger partial charge on any atom is -0.512 e. The van der Waals surface area contributed by atoms with Crippen molar-refractivity contribution in [2.24, 2.45) is 11.8 Å². The highest BCUT2D eigenvalue weighted by Crippen LogP contribution is 2.40. The summed E-state index contributed by atoms with van der Waals surface area (Å²) in [6.45, 7) is 1.13. The molecule has 0 amide bonds. The SMILES string of the molecule is OC1=CC=C2C=C3NCCCC3CC2C1. The average molecular weight is 203 g/mol. The fourth-order valence-electron chi connectivity index (χ4n) is 2.97. The zero-order chi connectivity index (χ0) is 10.3. The third-order valence-electron chi connectivity index (χ3n) is 3.78. The lowest BCUT2D eigenvalue weighted by Gasteiger charge is -2.36. The Kier molecular flexibility index (Phi) is 2.08. The number of piperidine rings is 1. The molecular formula is C13H17NO. The number of nitrogens with one attached hydrogen (secondary N) is 1. The van der Waals surface area contributed by atoms with Crippen LogP contribution in [0.2, 0.25) is 0 Å². The molecule has 2 nitrogen and oxygen atoms in total. The quantitative estimate of drug-likeness (QED) is 0.634. The molecule has 2 atom stereocenters. The van der Waals surface area contributed by atoms with E-state index in [-0.39, 0.29) is 0 Å². The van der Waals surface area contributed by atoms with Gasteiger partial charge in [0.1, 0.15) is 0 Å². The Hall–Kier alpha value is -1.18. The van der Waals surface area contributed by atoms with Crippen molar-refractivity contribution in [2.75, 3.05) is 6.54 Å². The van der Waals surface area contributed by atoms with Crippen LogP contribution in [-0.2, 0) is 0 Å². The molecule has 2 unspecified atom stereocenters. The molecule has 3 aliphatic rings. The van der Waals surface area contributed by atoms with Gasteiger partial charge in [0.25, 0.3) is 0 Å². The summed E-state index contributed by atoms with van der Waals surface area (Å²) >= 11 is 0. The van der Waals surface area contributed by atoms with E-state index in [2.05, 4.69) is 17.5 Å². The van der Waals surface area contributed by atoms with E-state index < -0.39 is 0 Å². The number of aliphatic hydroxyl groups is 1.